The van der Waals surface area contributed by atoms with E-state index >= 15 is 0 Å². The zero-order valence-corrected chi connectivity index (χ0v) is 16.5. The van der Waals surface area contributed by atoms with Crippen LogP contribution in [0, 0.1) is 0 Å². The van der Waals surface area contributed by atoms with Crippen molar-refractivity contribution in [2.75, 3.05) is 10.6 Å². The summed E-state index contributed by atoms with van der Waals surface area (Å²) in [6.45, 7) is 3.26. The van der Waals surface area contributed by atoms with E-state index in [0.29, 0.717) is 22.4 Å². The molecule has 144 valence electrons. The highest BCUT2D eigenvalue weighted by Crippen LogP contribution is 2.26. The van der Waals surface area contributed by atoms with Crippen LogP contribution < -0.4 is 10.6 Å². The number of anilines is 2. The van der Waals surface area contributed by atoms with Crippen LogP contribution in [0.25, 0.3) is 11.4 Å². The van der Waals surface area contributed by atoms with Crippen molar-refractivity contribution in [1.29, 1.82) is 0 Å². The predicted molar refractivity (Wildman–Crippen MR) is 109 cm³/mol. The Morgan fingerprint density at radius 2 is 1.61 bits per heavy atom. The molecule has 0 radical (unpaired) electrons. The monoisotopic (exact) mass is 396 g/mol. The summed E-state index contributed by atoms with van der Waals surface area (Å²) in [7, 11) is 1.86. The van der Waals surface area contributed by atoms with Gasteiger partial charge in [-0.15, -0.1) is 10.2 Å². The first-order chi connectivity index (χ1) is 13.4. The van der Waals surface area contributed by atoms with Crippen LogP contribution in [-0.2, 0) is 16.6 Å². The second kappa shape index (κ2) is 8.66. The smallest absolute Gasteiger partial charge is 0.237 e. The maximum absolute atomic E-state index is 12.5. The van der Waals surface area contributed by atoms with E-state index in [-0.39, 0.29) is 17.1 Å². The summed E-state index contributed by atoms with van der Waals surface area (Å²) in [5, 5.41) is 14.2. The van der Waals surface area contributed by atoms with Crippen LogP contribution in [0.4, 0.5) is 11.4 Å². The van der Waals surface area contributed by atoms with Gasteiger partial charge in [0.2, 0.25) is 11.8 Å². The number of nitrogens with one attached hydrogen (secondary N) is 2. The van der Waals surface area contributed by atoms with Crippen LogP contribution in [0.15, 0.2) is 53.9 Å². The fraction of sp³-hybridized carbons (Fsp3) is 0.211. The third-order valence-electron chi connectivity index (χ3n) is 3.90. The van der Waals surface area contributed by atoms with E-state index < -0.39 is 0 Å². The number of hydrogen-bond donors (Lipinski definition) is 2. The van der Waals surface area contributed by atoms with Crippen molar-refractivity contribution in [3.63, 3.8) is 0 Å². The first-order valence-electron chi connectivity index (χ1n) is 8.59. The number of amides is 2. The molecule has 0 saturated heterocycles. The largest absolute Gasteiger partial charge is 0.326 e. The number of benzene rings is 1. The Morgan fingerprint density at radius 1 is 1.00 bits per heavy atom. The Hall–Kier alpha value is -3.20. The standard InChI is InChI=1S/C19H20N6O2S/c1-12(18(27)22-16-6-4-15(5-7-16)21-13(2)26)28-19-24-23-17(25(19)3)14-8-10-20-11-9-14/h4-12H,1-3H3,(H,21,26)(H,22,27)/t12-/m0/s1. The molecule has 0 aliphatic heterocycles. The van der Waals surface area contributed by atoms with Crippen LogP contribution in [-0.4, -0.2) is 36.8 Å². The highest BCUT2D eigenvalue weighted by Gasteiger charge is 2.19. The molecule has 9 heteroatoms. The maximum Gasteiger partial charge on any atom is 0.237 e. The zero-order valence-electron chi connectivity index (χ0n) is 15.7. The molecule has 0 bridgehead atoms. The number of thioether (sulfide) groups is 1. The second-order valence-corrected chi connectivity index (χ2v) is 7.42. The summed E-state index contributed by atoms with van der Waals surface area (Å²) in [5.74, 6) is 0.424. The number of nitrogens with zero attached hydrogens (tertiary/aromatic N) is 4. The van der Waals surface area contributed by atoms with Gasteiger partial charge in [-0.25, -0.2) is 0 Å². The molecule has 28 heavy (non-hydrogen) atoms. The molecule has 1 aromatic carbocycles. The molecular formula is C19H20N6O2S. The lowest BCUT2D eigenvalue weighted by Crippen LogP contribution is -2.22. The molecule has 8 nitrogen and oxygen atoms in total. The summed E-state index contributed by atoms with van der Waals surface area (Å²) < 4.78 is 1.85. The summed E-state index contributed by atoms with van der Waals surface area (Å²) >= 11 is 1.33. The van der Waals surface area contributed by atoms with Gasteiger partial charge < -0.3 is 15.2 Å². The van der Waals surface area contributed by atoms with Crippen LogP contribution in [0.5, 0.6) is 0 Å². The van der Waals surface area contributed by atoms with Gasteiger partial charge in [0.05, 0.1) is 5.25 Å². The average molecular weight is 396 g/mol. The van der Waals surface area contributed by atoms with E-state index in [9.17, 15) is 9.59 Å². The van der Waals surface area contributed by atoms with E-state index in [2.05, 4.69) is 25.8 Å². The van der Waals surface area contributed by atoms with Crippen molar-refractivity contribution in [3.8, 4) is 11.4 Å². The van der Waals surface area contributed by atoms with E-state index in [1.54, 1.807) is 36.7 Å². The van der Waals surface area contributed by atoms with Gasteiger partial charge in [0.25, 0.3) is 0 Å². The molecule has 3 rings (SSSR count). The quantitative estimate of drug-likeness (QED) is 0.621. The predicted octanol–water partition coefficient (Wildman–Crippen LogP) is 2.95. The van der Waals surface area contributed by atoms with Gasteiger partial charge in [-0.2, -0.15) is 0 Å². The Balaban J connectivity index is 1.63. The molecule has 2 amide bonds. The number of rotatable bonds is 6. The minimum atomic E-state index is -0.372. The number of carbonyl (C=O) groups excluding carboxylic acids is 2. The van der Waals surface area contributed by atoms with Gasteiger partial charge in [0.15, 0.2) is 11.0 Å². The van der Waals surface area contributed by atoms with Gasteiger partial charge in [-0.05, 0) is 43.3 Å². The van der Waals surface area contributed by atoms with Gasteiger partial charge in [-0.3, -0.25) is 14.6 Å². The zero-order chi connectivity index (χ0) is 20.1. The summed E-state index contributed by atoms with van der Waals surface area (Å²) in [5.41, 5.74) is 2.24. The molecule has 0 unspecified atom stereocenters. The number of hydrogen-bond acceptors (Lipinski definition) is 6. The summed E-state index contributed by atoms with van der Waals surface area (Å²) in [6, 6.07) is 10.7. The first kappa shape index (κ1) is 19.6. The highest BCUT2D eigenvalue weighted by atomic mass is 32.2. The number of carbonyl (C=O) groups is 2. The van der Waals surface area contributed by atoms with Crippen molar-refractivity contribution in [1.82, 2.24) is 19.7 Å². The van der Waals surface area contributed by atoms with Crippen molar-refractivity contribution in [3.05, 3.63) is 48.8 Å². The normalized spacial score (nSPS) is 11.7. The topological polar surface area (TPSA) is 102 Å². The molecule has 0 aliphatic rings. The molecule has 0 fully saturated rings. The SMILES string of the molecule is CC(=O)Nc1ccc(NC(=O)[C@H](C)Sc2nnc(-c3ccncc3)n2C)cc1. The van der Waals surface area contributed by atoms with Gasteiger partial charge in [0.1, 0.15) is 0 Å². The van der Waals surface area contributed by atoms with Gasteiger partial charge in [-0.1, -0.05) is 11.8 Å². The second-order valence-electron chi connectivity index (χ2n) is 6.11. The van der Waals surface area contributed by atoms with Crippen molar-refractivity contribution in [2.24, 2.45) is 7.05 Å². The average Bonchev–Trinajstić information content (AvgIpc) is 3.04. The molecule has 2 heterocycles. The molecule has 2 aromatic heterocycles. The maximum atomic E-state index is 12.5. The Labute approximate surface area is 166 Å². The van der Waals surface area contributed by atoms with Crippen LogP contribution in [0.2, 0.25) is 0 Å². The van der Waals surface area contributed by atoms with Crippen molar-refractivity contribution in [2.45, 2.75) is 24.3 Å². The van der Waals surface area contributed by atoms with E-state index in [4.69, 9.17) is 0 Å². The van der Waals surface area contributed by atoms with E-state index in [1.165, 1.54) is 18.7 Å². The fourth-order valence-corrected chi connectivity index (χ4v) is 3.28. The summed E-state index contributed by atoms with van der Waals surface area (Å²) in [4.78, 5) is 27.6. The fourth-order valence-electron chi connectivity index (χ4n) is 2.47. The lowest BCUT2D eigenvalue weighted by molar-refractivity contribution is -0.115. The van der Waals surface area contributed by atoms with Crippen molar-refractivity contribution < 1.29 is 9.59 Å². The van der Waals surface area contributed by atoms with Crippen molar-refractivity contribution >= 4 is 35.0 Å². The lowest BCUT2D eigenvalue weighted by Gasteiger charge is -2.12. The molecule has 2 N–H and O–H groups in total. The Morgan fingerprint density at radius 3 is 2.21 bits per heavy atom. The minimum absolute atomic E-state index is 0.142. The van der Waals surface area contributed by atoms with Gasteiger partial charge >= 0.3 is 0 Å². The Kier molecular flexibility index (Phi) is 6.05. The third kappa shape index (κ3) is 4.74. The van der Waals surface area contributed by atoms with Crippen LogP contribution in [0.1, 0.15) is 13.8 Å². The van der Waals surface area contributed by atoms with Crippen LogP contribution in [0.3, 0.4) is 0 Å². The molecule has 3 aromatic rings. The van der Waals surface area contributed by atoms with E-state index in [1.807, 2.05) is 30.7 Å². The molecule has 0 aliphatic carbocycles. The van der Waals surface area contributed by atoms with Gasteiger partial charge in [0, 0.05) is 43.3 Å². The number of pyridine rings is 1. The molecular weight excluding hydrogens is 376 g/mol. The Bertz CT molecular complexity index is 972. The van der Waals surface area contributed by atoms with Crippen LogP contribution >= 0.6 is 11.8 Å². The highest BCUT2D eigenvalue weighted by molar-refractivity contribution is 8.00. The molecule has 0 spiro atoms. The van der Waals surface area contributed by atoms with E-state index in [0.717, 1.165) is 5.56 Å². The summed E-state index contributed by atoms with van der Waals surface area (Å²) in [6.07, 6.45) is 3.40. The lowest BCUT2D eigenvalue weighted by atomic mass is 10.2. The molecule has 1 atom stereocenters. The molecule has 0 saturated carbocycles. The first-order valence-corrected chi connectivity index (χ1v) is 9.47. The minimum Gasteiger partial charge on any atom is -0.326 e. The third-order valence-corrected chi connectivity index (χ3v) is 5.03. The number of aromatic nitrogens is 4.